The predicted molar refractivity (Wildman–Crippen MR) is 78.9 cm³/mol. The summed E-state index contributed by atoms with van der Waals surface area (Å²) >= 11 is 0. The Bertz CT molecular complexity index is 217. The van der Waals surface area contributed by atoms with Crippen LogP contribution in [0.5, 0.6) is 0 Å². The highest BCUT2D eigenvalue weighted by atomic mass is 15.2. The fraction of sp³-hybridized carbons (Fsp3) is 1.00. The van der Waals surface area contributed by atoms with Crippen LogP contribution < -0.4 is 5.32 Å². The molecule has 0 bridgehead atoms. The summed E-state index contributed by atoms with van der Waals surface area (Å²) < 4.78 is 0. The highest BCUT2D eigenvalue weighted by Crippen LogP contribution is 2.24. The van der Waals surface area contributed by atoms with Gasteiger partial charge in [-0.25, -0.2) is 0 Å². The summed E-state index contributed by atoms with van der Waals surface area (Å²) in [5, 5.41) is 3.64. The van der Waals surface area contributed by atoms with E-state index in [0.717, 1.165) is 18.0 Å². The van der Waals surface area contributed by atoms with E-state index in [2.05, 4.69) is 24.1 Å². The van der Waals surface area contributed by atoms with Gasteiger partial charge in [0, 0.05) is 12.1 Å². The average molecular weight is 252 g/mol. The van der Waals surface area contributed by atoms with Crippen LogP contribution in [0.25, 0.3) is 0 Å². The van der Waals surface area contributed by atoms with Gasteiger partial charge in [-0.2, -0.15) is 0 Å². The Hall–Kier alpha value is -0.0800. The van der Waals surface area contributed by atoms with Crippen molar-refractivity contribution < 1.29 is 0 Å². The van der Waals surface area contributed by atoms with E-state index in [0.29, 0.717) is 0 Å². The van der Waals surface area contributed by atoms with Gasteiger partial charge in [-0.05, 0) is 64.1 Å². The monoisotopic (exact) mass is 252 g/mol. The Morgan fingerprint density at radius 1 is 1.06 bits per heavy atom. The minimum atomic E-state index is 0.846. The van der Waals surface area contributed by atoms with Gasteiger partial charge in [0.1, 0.15) is 0 Å². The molecule has 18 heavy (non-hydrogen) atoms. The lowest BCUT2D eigenvalue weighted by Crippen LogP contribution is -2.36. The van der Waals surface area contributed by atoms with Gasteiger partial charge in [0.15, 0.2) is 0 Å². The lowest BCUT2D eigenvalue weighted by molar-refractivity contribution is 0.185. The van der Waals surface area contributed by atoms with Crippen molar-refractivity contribution in [1.29, 1.82) is 0 Å². The molecular formula is C16H32N2. The fourth-order valence-electron chi connectivity index (χ4n) is 3.05. The van der Waals surface area contributed by atoms with Gasteiger partial charge < -0.3 is 10.2 Å². The van der Waals surface area contributed by atoms with Gasteiger partial charge in [-0.3, -0.25) is 0 Å². The molecule has 0 aromatic rings. The first-order valence-corrected chi connectivity index (χ1v) is 8.23. The van der Waals surface area contributed by atoms with Crippen LogP contribution in [-0.4, -0.2) is 36.6 Å². The van der Waals surface area contributed by atoms with Gasteiger partial charge in [-0.1, -0.05) is 26.7 Å². The quantitative estimate of drug-likeness (QED) is 0.633. The molecule has 2 fully saturated rings. The molecule has 0 aromatic heterocycles. The largest absolute Gasteiger partial charge is 0.314 e. The second-order valence-electron chi connectivity index (χ2n) is 6.74. The van der Waals surface area contributed by atoms with Crippen LogP contribution in [0.4, 0.5) is 0 Å². The average Bonchev–Trinajstić information content (AvgIpc) is 3.00. The molecule has 0 aromatic carbocycles. The van der Waals surface area contributed by atoms with E-state index in [9.17, 15) is 0 Å². The number of hydrogen-bond donors (Lipinski definition) is 1. The lowest BCUT2D eigenvalue weighted by atomic mass is 10.1. The van der Waals surface area contributed by atoms with Crippen molar-refractivity contribution in [3.63, 3.8) is 0 Å². The zero-order chi connectivity index (χ0) is 12.8. The minimum absolute atomic E-state index is 0.846. The summed E-state index contributed by atoms with van der Waals surface area (Å²) in [7, 11) is 0. The minimum Gasteiger partial charge on any atom is -0.314 e. The first kappa shape index (κ1) is 14.3. The van der Waals surface area contributed by atoms with Crippen LogP contribution in [0.2, 0.25) is 0 Å². The summed E-state index contributed by atoms with van der Waals surface area (Å²) in [6, 6.07) is 1.78. The molecule has 0 spiro atoms. The molecule has 2 aliphatic rings. The van der Waals surface area contributed by atoms with E-state index < -0.39 is 0 Å². The second-order valence-corrected chi connectivity index (χ2v) is 6.74. The summed E-state index contributed by atoms with van der Waals surface area (Å²) in [5.74, 6) is 0.846. The summed E-state index contributed by atoms with van der Waals surface area (Å²) in [6.07, 6.45) is 11.4. The van der Waals surface area contributed by atoms with Crippen molar-refractivity contribution >= 4 is 0 Å². The maximum Gasteiger partial charge on any atom is 0.00952 e. The molecule has 2 rings (SSSR count). The number of rotatable bonds is 9. The molecule has 0 atom stereocenters. The number of nitrogens with one attached hydrogen (secondary N) is 1. The Morgan fingerprint density at radius 2 is 1.78 bits per heavy atom. The number of nitrogens with zero attached hydrogens (tertiary/aromatic N) is 1. The van der Waals surface area contributed by atoms with Gasteiger partial charge >= 0.3 is 0 Å². The normalized spacial score (nSPS) is 21.3. The van der Waals surface area contributed by atoms with Crippen LogP contribution in [0.3, 0.4) is 0 Å². The van der Waals surface area contributed by atoms with Gasteiger partial charge in [-0.15, -0.1) is 0 Å². The highest BCUT2D eigenvalue weighted by Gasteiger charge is 2.23. The maximum atomic E-state index is 3.64. The second kappa shape index (κ2) is 7.49. The summed E-state index contributed by atoms with van der Waals surface area (Å²) in [6.45, 7) is 8.57. The standard InChI is InChI=1S/C16H32N2/c1-14(2)10-13-18(16-6-3-4-7-16)12-5-11-17-15-8-9-15/h14-17H,3-13H2,1-2H3. The first-order chi connectivity index (χ1) is 8.75. The van der Waals surface area contributed by atoms with Crippen LogP contribution in [-0.2, 0) is 0 Å². The molecule has 2 nitrogen and oxygen atoms in total. The third-order valence-corrected chi connectivity index (χ3v) is 4.47. The maximum absolute atomic E-state index is 3.64. The third-order valence-electron chi connectivity index (χ3n) is 4.47. The summed E-state index contributed by atoms with van der Waals surface area (Å²) in [4.78, 5) is 2.79. The van der Waals surface area contributed by atoms with E-state index in [-0.39, 0.29) is 0 Å². The topological polar surface area (TPSA) is 15.3 Å². The van der Waals surface area contributed by atoms with E-state index in [1.54, 1.807) is 0 Å². The van der Waals surface area contributed by atoms with Gasteiger partial charge in [0.2, 0.25) is 0 Å². The molecule has 2 heteroatoms. The van der Waals surface area contributed by atoms with Crippen LogP contribution in [0.1, 0.15) is 65.2 Å². The first-order valence-electron chi connectivity index (χ1n) is 8.23. The molecular weight excluding hydrogens is 220 g/mol. The molecule has 0 radical (unpaired) electrons. The molecule has 0 unspecified atom stereocenters. The van der Waals surface area contributed by atoms with Crippen molar-refractivity contribution in [3.05, 3.63) is 0 Å². The Balaban J connectivity index is 1.64. The third kappa shape index (κ3) is 5.27. The van der Waals surface area contributed by atoms with Crippen molar-refractivity contribution in [2.24, 2.45) is 5.92 Å². The van der Waals surface area contributed by atoms with Gasteiger partial charge in [0.25, 0.3) is 0 Å². The van der Waals surface area contributed by atoms with Gasteiger partial charge in [0.05, 0.1) is 0 Å². The molecule has 2 aliphatic carbocycles. The number of hydrogen-bond acceptors (Lipinski definition) is 2. The zero-order valence-electron chi connectivity index (χ0n) is 12.5. The van der Waals surface area contributed by atoms with Crippen molar-refractivity contribution in [2.75, 3.05) is 19.6 Å². The summed E-state index contributed by atoms with van der Waals surface area (Å²) in [5.41, 5.74) is 0. The molecule has 0 amide bonds. The Labute approximate surface area is 114 Å². The van der Waals surface area contributed by atoms with Crippen molar-refractivity contribution in [2.45, 2.75) is 77.3 Å². The zero-order valence-corrected chi connectivity index (χ0v) is 12.5. The van der Waals surface area contributed by atoms with Crippen molar-refractivity contribution in [1.82, 2.24) is 10.2 Å². The Morgan fingerprint density at radius 3 is 2.39 bits per heavy atom. The predicted octanol–water partition coefficient (Wildman–Crippen LogP) is 3.42. The molecule has 0 saturated heterocycles. The Kier molecular flexibility index (Phi) is 5.97. The molecule has 2 saturated carbocycles. The van der Waals surface area contributed by atoms with E-state index in [4.69, 9.17) is 0 Å². The molecule has 0 heterocycles. The van der Waals surface area contributed by atoms with E-state index >= 15 is 0 Å². The van der Waals surface area contributed by atoms with E-state index in [1.807, 2.05) is 0 Å². The SMILES string of the molecule is CC(C)CCN(CCCNC1CC1)C1CCCC1. The van der Waals surface area contributed by atoms with E-state index in [1.165, 1.54) is 71.0 Å². The van der Waals surface area contributed by atoms with Crippen LogP contribution >= 0.6 is 0 Å². The molecule has 0 aliphatic heterocycles. The van der Waals surface area contributed by atoms with Crippen molar-refractivity contribution in [3.8, 4) is 0 Å². The van der Waals surface area contributed by atoms with Crippen LogP contribution in [0.15, 0.2) is 0 Å². The van der Waals surface area contributed by atoms with Crippen LogP contribution in [0, 0.1) is 5.92 Å². The molecule has 106 valence electrons. The highest BCUT2D eigenvalue weighted by molar-refractivity contribution is 4.81. The molecule has 1 N–H and O–H groups in total. The lowest BCUT2D eigenvalue weighted by Gasteiger charge is -2.29. The smallest absolute Gasteiger partial charge is 0.00952 e. The fourth-order valence-corrected chi connectivity index (χ4v) is 3.05.